The number of amides is 1. The first-order valence-corrected chi connectivity index (χ1v) is 7.59. The van der Waals surface area contributed by atoms with Gasteiger partial charge in [0, 0.05) is 31.0 Å². The van der Waals surface area contributed by atoms with Gasteiger partial charge in [0.05, 0.1) is 5.41 Å². The Morgan fingerprint density at radius 1 is 1.50 bits per heavy atom. The molecule has 1 amide bonds. The Kier molecular flexibility index (Phi) is 4.70. The van der Waals surface area contributed by atoms with Gasteiger partial charge in [-0.25, -0.2) is 0 Å². The maximum atomic E-state index is 11.7. The second-order valence-corrected chi connectivity index (χ2v) is 6.71. The zero-order valence-electron chi connectivity index (χ0n) is 12.1. The van der Waals surface area contributed by atoms with Crippen molar-refractivity contribution in [2.75, 3.05) is 20.1 Å². The molecular weight excluding hydrogens is 320 g/mol. The highest BCUT2D eigenvalue weighted by atomic mass is 79.9. The van der Waals surface area contributed by atoms with Crippen LogP contribution in [-0.4, -0.2) is 32.1 Å². The van der Waals surface area contributed by atoms with Gasteiger partial charge in [0.25, 0.3) is 0 Å². The number of benzene rings is 1. The fourth-order valence-electron chi connectivity index (χ4n) is 2.37. The smallest absolute Gasteiger partial charge is 0.226 e. The monoisotopic (exact) mass is 340 g/mol. The third-order valence-electron chi connectivity index (χ3n) is 3.54. The van der Waals surface area contributed by atoms with Gasteiger partial charge in [-0.1, -0.05) is 15.9 Å². The lowest BCUT2D eigenvalue weighted by Gasteiger charge is -2.23. The van der Waals surface area contributed by atoms with Crippen LogP contribution in [0.25, 0.3) is 0 Å². The van der Waals surface area contributed by atoms with E-state index in [1.165, 1.54) is 5.56 Å². The van der Waals surface area contributed by atoms with E-state index in [4.69, 9.17) is 4.74 Å². The van der Waals surface area contributed by atoms with Crippen LogP contribution in [-0.2, 0) is 11.2 Å². The Balaban J connectivity index is 1.82. The van der Waals surface area contributed by atoms with Gasteiger partial charge in [-0.15, -0.1) is 0 Å². The van der Waals surface area contributed by atoms with Crippen LogP contribution in [0.1, 0.15) is 19.4 Å². The molecule has 0 aliphatic carbocycles. The van der Waals surface area contributed by atoms with Crippen molar-refractivity contribution in [3.05, 3.63) is 28.2 Å². The van der Waals surface area contributed by atoms with Crippen LogP contribution in [0.15, 0.2) is 22.7 Å². The minimum absolute atomic E-state index is 0.0459. The molecular formula is C15H21BrN2O2. The van der Waals surface area contributed by atoms with Crippen molar-refractivity contribution in [3.8, 4) is 5.75 Å². The number of hydrogen-bond acceptors (Lipinski definition) is 3. The highest BCUT2D eigenvalue weighted by Crippen LogP contribution is 2.31. The topological polar surface area (TPSA) is 50.4 Å². The lowest BCUT2D eigenvalue weighted by Crippen LogP contribution is -2.44. The number of rotatable bonds is 5. The van der Waals surface area contributed by atoms with Gasteiger partial charge in [-0.3, -0.25) is 4.79 Å². The molecule has 1 aromatic carbocycles. The predicted molar refractivity (Wildman–Crippen MR) is 83.0 cm³/mol. The number of nitrogens with one attached hydrogen (secondary N) is 2. The van der Waals surface area contributed by atoms with Crippen molar-refractivity contribution in [1.82, 2.24) is 10.6 Å². The fraction of sp³-hybridized carbons (Fsp3) is 0.533. The second-order valence-electron chi connectivity index (χ2n) is 5.79. The molecule has 0 bridgehead atoms. The molecule has 0 saturated carbocycles. The van der Waals surface area contributed by atoms with E-state index >= 15 is 0 Å². The van der Waals surface area contributed by atoms with E-state index in [1.807, 2.05) is 26.0 Å². The summed E-state index contributed by atoms with van der Waals surface area (Å²) in [6.45, 7) is 5.24. The van der Waals surface area contributed by atoms with Gasteiger partial charge in [0.2, 0.25) is 5.91 Å². The van der Waals surface area contributed by atoms with Crippen LogP contribution in [0.5, 0.6) is 5.75 Å². The van der Waals surface area contributed by atoms with E-state index in [1.54, 1.807) is 7.05 Å². The lowest BCUT2D eigenvalue weighted by molar-refractivity contribution is -0.128. The van der Waals surface area contributed by atoms with Crippen LogP contribution in [0.2, 0.25) is 0 Å². The van der Waals surface area contributed by atoms with Crippen molar-refractivity contribution in [3.63, 3.8) is 0 Å². The summed E-state index contributed by atoms with van der Waals surface area (Å²) in [6.07, 6.45) is 1.04. The molecule has 0 spiro atoms. The van der Waals surface area contributed by atoms with Gasteiger partial charge in [-0.05, 0) is 37.6 Å². The first-order valence-electron chi connectivity index (χ1n) is 6.80. The number of carbonyl (C=O) groups is 1. The second kappa shape index (κ2) is 6.14. The molecule has 1 atom stereocenters. The lowest BCUT2D eigenvalue weighted by atomic mass is 9.92. The number of ether oxygens (including phenoxy) is 1. The zero-order valence-corrected chi connectivity index (χ0v) is 13.7. The van der Waals surface area contributed by atoms with Crippen LogP contribution in [0, 0.1) is 5.41 Å². The highest BCUT2D eigenvalue weighted by Gasteiger charge is 2.28. The average molecular weight is 341 g/mol. The highest BCUT2D eigenvalue weighted by molar-refractivity contribution is 9.10. The van der Waals surface area contributed by atoms with Crippen LogP contribution in [0.3, 0.4) is 0 Å². The summed E-state index contributed by atoms with van der Waals surface area (Å²) >= 11 is 3.47. The fourth-order valence-corrected chi connectivity index (χ4v) is 2.78. The summed E-state index contributed by atoms with van der Waals surface area (Å²) in [6, 6.07) is 6.08. The van der Waals surface area contributed by atoms with E-state index in [0.29, 0.717) is 6.54 Å². The SMILES string of the molecule is CNC(=O)C(C)(C)CNCC1Cc2cc(Br)ccc2O1. The minimum atomic E-state index is -0.413. The molecule has 1 aromatic rings. The molecule has 5 heteroatoms. The number of carbonyl (C=O) groups excluding carboxylic acids is 1. The third kappa shape index (κ3) is 3.52. The quantitative estimate of drug-likeness (QED) is 0.863. The Hall–Kier alpha value is -1.07. The van der Waals surface area contributed by atoms with Crippen molar-refractivity contribution in [1.29, 1.82) is 0 Å². The van der Waals surface area contributed by atoms with E-state index in [9.17, 15) is 4.79 Å². The van der Waals surface area contributed by atoms with Gasteiger partial charge in [0.1, 0.15) is 11.9 Å². The van der Waals surface area contributed by atoms with Crippen molar-refractivity contribution < 1.29 is 9.53 Å². The number of hydrogen-bond donors (Lipinski definition) is 2. The largest absolute Gasteiger partial charge is 0.488 e. The summed E-state index contributed by atoms with van der Waals surface area (Å²) in [5.74, 6) is 1.01. The van der Waals surface area contributed by atoms with E-state index < -0.39 is 5.41 Å². The molecule has 0 radical (unpaired) electrons. The predicted octanol–water partition coefficient (Wildman–Crippen LogP) is 2.11. The first kappa shape index (κ1) is 15.3. The molecule has 2 N–H and O–H groups in total. The molecule has 0 aromatic heterocycles. The van der Waals surface area contributed by atoms with Crippen LogP contribution >= 0.6 is 15.9 Å². The summed E-state index contributed by atoms with van der Waals surface area (Å²) in [5.41, 5.74) is 0.820. The summed E-state index contributed by atoms with van der Waals surface area (Å²) in [5, 5.41) is 6.02. The third-order valence-corrected chi connectivity index (χ3v) is 4.04. The van der Waals surface area contributed by atoms with E-state index in [2.05, 4.69) is 32.6 Å². The van der Waals surface area contributed by atoms with Gasteiger partial charge in [0.15, 0.2) is 0 Å². The van der Waals surface area contributed by atoms with Gasteiger partial charge in [-0.2, -0.15) is 0 Å². The molecule has 4 nitrogen and oxygen atoms in total. The molecule has 0 saturated heterocycles. The Labute approximate surface area is 128 Å². The molecule has 1 aliphatic heterocycles. The van der Waals surface area contributed by atoms with Crippen LogP contribution < -0.4 is 15.4 Å². The molecule has 110 valence electrons. The Morgan fingerprint density at radius 2 is 2.25 bits per heavy atom. The molecule has 2 rings (SSSR count). The number of fused-ring (bicyclic) bond motifs is 1. The molecule has 20 heavy (non-hydrogen) atoms. The standard InChI is InChI=1S/C15H21BrN2O2/c1-15(2,14(19)17-3)9-18-8-12-7-10-6-11(16)4-5-13(10)20-12/h4-6,12,18H,7-9H2,1-3H3,(H,17,19). The Bertz CT molecular complexity index is 503. The summed E-state index contributed by atoms with van der Waals surface area (Å²) in [4.78, 5) is 11.7. The van der Waals surface area contributed by atoms with Crippen molar-refractivity contribution in [2.45, 2.75) is 26.4 Å². The molecule has 1 aliphatic rings. The zero-order chi connectivity index (χ0) is 14.8. The maximum Gasteiger partial charge on any atom is 0.226 e. The summed E-state index contributed by atoms with van der Waals surface area (Å²) in [7, 11) is 1.67. The maximum absolute atomic E-state index is 11.7. The average Bonchev–Trinajstić information content (AvgIpc) is 2.79. The van der Waals surface area contributed by atoms with Crippen molar-refractivity contribution in [2.24, 2.45) is 5.41 Å². The van der Waals surface area contributed by atoms with E-state index in [-0.39, 0.29) is 12.0 Å². The van der Waals surface area contributed by atoms with E-state index in [0.717, 1.165) is 23.2 Å². The summed E-state index contributed by atoms with van der Waals surface area (Å²) < 4.78 is 6.96. The first-order chi connectivity index (χ1) is 9.42. The molecule has 1 heterocycles. The normalized spacial score (nSPS) is 17.5. The number of halogens is 1. The Morgan fingerprint density at radius 3 is 2.95 bits per heavy atom. The van der Waals surface area contributed by atoms with Crippen molar-refractivity contribution >= 4 is 21.8 Å². The minimum Gasteiger partial charge on any atom is -0.488 e. The molecule has 0 fully saturated rings. The van der Waals surface area contributed by atoms with Gasteiger partial charge < -0.3 is 15.4 Å². The van der Waals surface area contributed by atoms with Crippen LogP contribution in [0.4, 0.5) is 0 Å². The molecule has 1 unspecified atom stereocenters. The van der Waals surface area contributed by atoms with Gasteiger partial charge >= 0.3 is 0 Å².